The molecule has 1 aliphatic heterocycles. The van der Waals surface area contributed by atoms with E-state index in [1.54, 1.807) is 25.7 Å². The molecule has 0 spiro atoms. The maximum Gasteiger partial charge on any atom is 0.435 e. The van der Waals surface area contributed by atoms with Gasteiger partial charge in [-0.2, -0.15) is 18.3 Å². The SMILES string of the molecule is CC(C)(C)OC(=O)N1CCCC[C@H]1c1nc2cc(-c3cn(C(c4ccccc4)(c4ccccc4)c4ccccc4)nc3C(F)(F)F)sc2c(=O)[nH]1. The minimum atomic E-state index is -4.83. The van der Waals surface area contributed by atoms with E-state index in [1.807, 2.05) is 91.0 Å². The molecule has 0 saturated carbocycles. The number of carbonyl (C=O) groups excluding carboxylic acids is 1. The smallest absolute Gasteiger partial charge is 0.435 e. The van der Waals surface area contributed by atoms with Crippen LogP contribution in [0.5, 0.6) is 0 Å². The summed E-state index contributed by atoms with van der Waals surface area (Å²) in [5.74, 6) is 0.269. The van der Waals surface area contributed by atoms with Gasteiger partial charge < -0.3 is 9.72 Å². The van der Waals surface area contributed by atoms with Crippen LogP contribution >= 0.6 is 11.3 Å². The maximum atomic E-state index is 15.0. The Morgan fingerprint density at radius 1 is 0.882 bits per heavy atom. The van der Waals surface area contributed by atoms with Crippen LogP contribution in [0.15, 0.2) is 108 Å². The molecule has 4 heterocycles. The van der Waals surface area contributed by atoms with Gasteiger partial charge in [-0.3, -0.25) is 14.4 Å². The predicted molar refractivity (Wildman–Crippen MR) is 191 cm³/mol. The van der Waals surface area contributed by atoms with Gasteiger partial charge in [0.25, 0.3) is 5.56 Å². The minimum absolute atomic E-state index is 0.174. The molecule has 3 aromatic heterocycles. The number of hydrogen-bond donors (Lipinski definition) is 1. The molecule has 0 unspecified atom stereocenters. The van der Waals surface area contributed by atoms with Crippen molar-refractivity contribution >= 4 is 27.6 Å². The van der Waals surface area contributed by atoms with E-state index >= 15 is 13.2 Å². The van der Waals surface area contributed by atoms with Crippen LogP contribution < -0.4 is 5.56 Å². The summed E-state index contributed by atoms with van der Waals surface area (Å²) in [6.07, 6.45) is -1.79. The maximum absolute atomic E-state index is 15.0. The molecule has 1 atom stereocenters. The van der Waals surface area contributed by atoms with Crippen LogP contribution in [0.2, 0.25) is 0 Å². The van der Waals surface area contributed by atoms with Crippen molar-refractivity contribution in [3.63, 3.8) is 0 Å². The van der Waals surface area contributed by atoms with Gasteiger partial charge >= 0.3 is 12.3 Å². The summed E-state index contributed by atoms with van der Waals surface area (Å²) >= 11 is 0.924. The topological polar surface area (TPSA) is 93.1 Å². The largest absolute Gasteiger partial charge is 0.444 e. The molecule has 1 saturated heterocycles. The number of piperidine rings is 1. The molecule has 6 aromatic rings. The highest BCUT2D eigenvalue weighted by molar-refractivity contribution is 7.22. The average Bonchev–Trinajstić information content (AvgIpc) is 3.76. The molecule has 12 heteroatoms. The van der Waals surface area contributed by atoms with Gasteiger partial charge in [-0.1, -0.05) is 91.0 Å². The summed E-state index contributed by atoms with van der Waals surface area (Å²) in [5, 5.41) is 4.34. The van der Waals surface area contributed by atoms with E-state index in [-0.39, 0.29) is 26.5 Å². The van der Waals surface area contributed by atoms with E-state index in [9.17, 15) is 9.59 Å². The third-order valence-corrected chi connectivity index (χ3v) is 10.2. The third-order valence-electron chi connectivity index (χ3n) is 9.01. The Hall–Kier alpha value is -5.23. The quantitative estimate of drug-likeness (QED) is 0.174. The van der Waals surface area contributed by atoms with Crippen molar-refractivity contribution in [3.05, 3.63) is 142 Å². The number of carbonyl (C=O) groups is 1. The van der Waals surface area contributed by atoms with E-state index < -0.39 is 40.7 Å². The van der Waals surface area contributed by atoms with Crippen LogP contribution in [-0.4, -0.2) is 42.9 Å². The Morgan fingerprint density at radius 3 is 1.98 bits per heavy atom. The van der Waals surface area contributed by atoms with Crippen LogP contribution in [0.1, 0.15) is 74.3 Å². The van der Waals surface area contributed by atoms with E-state index in [0.717, 1.165) is 24.2 Å². The molecule has 7 rings (SSSR count). The second-order valence-electron chi connectivity index (χ2n) is 13.6. The molecule has 262 valence electrons. The fourth-order valence-electron chi connectivity index (χ4n) is 6.87. The Kier molecular flexibility index (Phi) is 8.82. The molecule has 1 aliphatic rings. The number of alkyl halides is 3. The van der Waals surface area contributed by atoms with Gasteiger partial charge in [0.05, 0.1) is 11.6 Å². The number of benzene rings is 3. The summed E-state index contributed by atoms with van der Waals surface area (Å²) in [4.78, 5) is 36.0. The third kappa shape index (κ3) is 6.44. The molecule has 0 radical (unpaired) electrons. The number of halogens is 3. The van der Waals surface area contributed by atoms with Crippen molar-refractivity contribution in [2.24, 2.45) is 0 Å². The second kappa shape index (κ2) is 13.1. The second-order valence-corrected chi connectivity index (χ2v) is 14.7. The van der Waals surface area contributed by atoms with Crippen LogP contribution in [0.3, 0.4) is 0 Å². The Labute approximate surface area is 296 Å². The van der Waals surface area contributed by atoms with Gasteiger partial charge in [-0.05, 0) is 62.8 Å². The van der Waals surface area contributed by atoms with Gasteiger partial charge in [0.1, 0.15) is 21.7 Å². The van der Waals surface area contributed by atoms with E-state index in [4.69, 9.17) is 9.72 Å². The molecule has 3 aromatic carbocycles. The lowest BCUT2D eigenvalue weighted by molar-refractivity contribution is -0.141. The van der Waals surface area contributed by atoms with Crippen molar-refractivity contribution in [2.45, 2.75) is 63.4 Å². The number of ether oxygens (including phenoxy) is 1. The lowest BCUT2D eigenvalue weighted by Gasteiger charge is -2.36. The fourth-order valence-corrected chi connectivity index (χ4v) is 7.88. The zero-order valence-corrected chi connectivity index (χ0v) is 29.1. The number of nitrogens with zero attached hydrogens (tertiary/aromatic N) is 4. The summed E-state index contributed by atoms with van der Waals surface area (Å²) in [7, 11) is 0. The fraction of sp³-hybridized carbons (Fsp3) is 0.282. The van der Waals surface area contributed by atoms with Crippen LogP contribution in [-0.2, 0) is 16.5 Å². The summed E-state index contributed by atoms with van der Waals surface area (Å²) < 4.78 is 52.2. The van der Waals surface area contributed by atoms with Gasteiger partial charge in [-0.25, -0.2) is 9.78 Å². The van der Waals surface area contributed by atoms with Crippen LogP contribution in [0.25, 0.3) is 20.7 Å². The zero-order valence-electron chi connectivity index (χ0n) is 28.3. The molecule has 1 fully saturated rings. The normalized spacial score (nSPS) is 15.6. The summed E-state index contributed by atoms with van der Waals surface area (Å²) in [6.45, 7) is 5.77. The van der Waals surface area contributed by atoms with Gasteiger partial charge in [0.2, 0.25) is 0 Å². The number of rotatable bonds is 6. The lowest BCUT2D eigenvalue weighted by atomic mass is 9.77. The number of fused-ring (bicyclic) bond motifs is 1. The number of likely N-dealkylation sites (tertiary alicyclic amines) is 1. The molecular formula is C39H36F3N5O3S. The van der Waals surface area contributed by atoms with Crippen molar-refractivity contribution in [2.75, 3.05) is 6.54 Å². The highest BCUT2D eigenvalue weighted by Crippen LogP contribution is 2.45. The molecule has 1 amide bonds. The van der Waals surface area contributed by atoms with Crippen molar-refractivity contribution < 1.29 is 22.7 Å². The number of hydrogen-bond acceptors (Lipinski definition) is 6. The molecule has 51 heavy (non-hydrogen) atoms. The number of aromatic nitrogens is 4. The zero-order chi connectivity index (χ0) is 36.0. The van der Waals surface area contributed by atoms with E-state index in [2.05, 4.69) is 10.1 Å². The number of aromatic amines is 1. The number of thiophene rings is 1. The van der Waals surface area contributed by atoms with Crippen molar-refractivity contribution in [3.8, 4) is 10.4 Å². The summed E-state index contributed by atoms with van der Waals surface area (Å²) in [5.41, 5.74) is -1.37. The van der Waals surface area contributed by atoms with Crippen molar-refractivity contribution in [1.82, 2.24) is 24.6 Å². The molecule has 0 bridgehead atoms. The lowest BCUT2D eigenvalue weighted by Crippen LogP contribution is -2.42. The Balaban J connectivity index is 1.40. The average molecular weight is 712 g/mol. The number of nitrogens with one attached hydrogen (secondary N) is 1. The molecule has 0 aliphatic carbocycles. The van der Waals surface area contributed by atoms with Crippen LogP contribution in [0, 0.1) is 0 Å². The van der Waals surface area contributed by atoms with Gasteiger partial charge in [0.15, 0.2) is 5.69 Å². The highest BCUT2D eigenvalue weighted by Gasteiger charge is 2.44. The standard InChI is InChI=1S/C39H36F3N5O3S/c1-37(2,3)50-36(49)46-22-14-13-21-30(46)34-43-29-23-31(51-32(29)35(48)44-34)28-24-47(45-33(28)39(40,41)42)38(25-15-7-4-8-16-25,26-17-9-5-10-18-26)27-19-11-6-12-20-27/h4-12,15-20,23-24,30H,13-14,21-22H2,1-3H3,(H,43,44,48)/t30-/m0/s1. The first-order chi connectivity index (χ1) is 24.4. The Morgan fingerprint density at radius 2 is 1.45 bits per heavy atom. The minimum Gasteiger partial charge on any atom is -0.444 e. The number of H-pyrrole nitrogens is 1. The van der Waals surface area contributed by atoms with E-state index in [1.165, 1.54) is 16.9 Å². The van der Waals surface area contributed by atoms with Crippen LogP contribution in [0.4, 0.5) is 18.0 Å². The Bertz CT molecular complexity index is 2130. The van der Waals surface area contributed by atoms with Gasteiger partial charge in [-0.15, -0.1) is 11.3 Å². The highest BCUT2D eigenvalue weighted by atomic mass is 32.1. The summed E-state index contributed by atoms with van der Waals surface area (Å²) in [6, 6.07) is 28.9. The first-order valence-corrected chi connectivity index (χ1v) is 17.6. The first-order valence-electron chi connectivity index (χ1n) is 16.7. The molecular weight excluding hydrogens is 676 g/mol. The van der Waals surface area contributed by atoms with Crippen molar-refractivity contribution in [1.29, 1.82) is 0 Å². The predicted octanol–water partition coefficient (Wildman–Crippen LogP) is 9.17. The molecule has 8 nitrogen and oxygen atoms in total. The molecule has 1 N–H and O–H groups in total. The van der Waals surface area contributed by atoms with E-state index in [0.29, 0.717) is 29.7 Å². The first kappa shape index (κ1) is 34.2. The van der Waals surface area contributed by atoms with Gasteiger partial charge in [0, 0.05) is 23.2 Å². The monoisotopic (exact) mass is 711 g/mol. The number of amides is 1.